The third-order valence-electron chi connectivity index (χ3n) is 19.7. The molecule has 3 saturated carbocycles. The van der Waals surface area contributed by atoms with Crippen LogP contribution in [0.4, 0.5) is 30.6 Å². The van der Waals surface area contributed by atoms with E-state index in [1.807, 2.05) is 36.8 Å². The summed E-state index contributed by atoms with van der Waals surface area (Å²) in [6.07, 6.45) is 12.1. The van der Waals surface area contributed by atoms with E-state index in [1.165, 1.54) is 81.2 Å². The molecule has 6 aliphatic heterocycles. The number of ether oxygens (including phenoxy) is 8. The van der Waals surface area contributed by atoms with Crippen molar-refractivity contribution >= 4 is 103 Å². The van der Waals surface area contributed by atoms with Crippen LogP contribution in [0.5, 0.6) is 0 Å². The molecule has 11 N–H and O–H groups in total. The minimum Gasteiger partial charge on any atom is -0.475 e. The van der Waals surface area contributed by atoms with E-state index in [0.29, 0.717) is 51.9 Å². The molecule has 0 radical (unpaired) electrons. The molecule has 3 aliphatic carbocycles. The molecule has 107 heavy (non-hydrogen) atoms. The molecule has 42 heteroatoms. The average Bonchev–Trinajstić information content (AvgIpc) is 1.51. The number of carboxylic acid groups (broad SMARTS) is 1. The molecule has 8 aromatic heterocycles. The van der Waals surface area contributed by atoms with Crippen LogP contribution >= 0.6 is 34.8 Å². The minimum atomic E-state index is -5.08. The molecule has 6 saturated heterocycles. The van der Waals surface area contributed by atoms with Crippen LogP contribution in [0.3, 0.4) is 0 Å². The fourth-order valence-corrected chi connectivity index (χ4v) is 14.9. The van der Waals surface area contributed by atoms with E-state index in [1.54, 1.807) is 29.9 Å². The number of alkyl halides is 5. The smallest absolute Gasteiger partial charge is 0.475 e. The largest absolute Gasteiger partial charge is 0.490 e. The fraction of sp³-hybridized carbons (Fsp3) is 0.677. The molecule has 6 unspecified atom stereocenters. The minimum absolute atomic E-state index is 0.00264. The number of carbonyl (C=O) groups is 1. The molecule has 8 aromatic rings. The number of nitrogens with zero attached hydrogens (tertiary/aromatic N) is 16. The molecule has 36 nitrogen and oxygen atoms in total. The normalized spacial score (nSPS) is 30.1. The number of nitrogens with one attached hydrogen (secondary N) is 3. The van der Waals surface area contributed by atoms with E-state index in [0.717, 1.165) is 60.4 Å². The lowest BCUT2D eigenvalue weighted by Crippen LogP contribution is -2.33. The standard InChI is InChI=1S/C19H27N5O3.C18H25N5O4.C15H21N5O4.C10H11ClN4O4.C2HF3O2.CH2Cl2/c1-4-12-14-15(27-19(2,3)26-14)18(25-12)24-10-22-13-16(20-9-21-17(13)24)23-11-7-5-6-8-11;1-18(2)26-13-11(7-24)25-17(14(13)27-18)23-9-21-12-15(19-8-20-16(12)23)22-10-5-3-4-6-10;21-5-9-11(22)12(23)15(24-9)20-7-18-10-13(16-6-17-14(10)20)19-8-3-1-2-4-8;11-8-5-9(13-2-12-8)15(3-14-5)10-7(18)6(17)4(1-16)19-10;3-2(4,5)1(6)7;2-1-3/h9-12,14-15,18H,4-8H2,1-3H3,(H,20,21,23);8-11,13-14,17,24H,3-7H2,1-2H3,(H,19,20,22);6-9,11-12,15,21-23H,1-5H2,(H,16,17,19);2-4,6-7,10,16-18H,1H2;(H,6,7);1H2/t12-,14-,15?,18?;11-,13-,14?,17?;9-,11-,12-,15?;4-,6-,7-,10?;;/m1111../s1. The molecule has 14 heterocycles. The molecule has 16 atom stereocenters. The Kier molecular flexibility index (Phi) is 25.4. The van der Waals surface area contributed by atoms with Gasteiger partial charge in [0.05, 0.1) is 56.6 Å². The van der Waals surface area contributed by atoms with Gasteiger partial charge in [-0.3, -0.25) is 18.3 Å². The van der Waals surface area contributed by atoms with Crippen molar-refractivity contribution in [3.05, 3.63) is 55.8 Å². The maximum atomic E-state index is 10.6. The highest BCUT2D eigenvalue weighted by Gasteiger charge is 2.57. The molecule has 0 spiro atoms. The van der Waals surface area contributed by atoms with E-state index < -0.39 is 91.7 Å². The third kappa shape index (κ3) is 17.4. The molecule has 0 amide bonds. The van der Waals surface area contributed by atoms with Gasteiger partial charge in [0.2, 0.25) is 0 Å². The first-order chi connectivity index (χ1) is 51.3. The van der Waals surface area contributed by atoms with Crippen LogP contribution in [-0.4, -0.2) is 259 Å². The Morgan fingerprint density at radius 1 is 0.467 bits per heavy atom. The zero-order chi connectivity index (χ0) is 76.2. The van der Waals surface area contributed by atoms with Gasteiger partial charge in [-0.1, -0.05) is 57.0 Å². The molecule has 9 aliphatic rings. The van der Waals surface area contributed by atoms with Gasteiger partial charge in [-0.25, -0.2) is 64.6 Å². The monoisotopic (exact) mass is 1570 g/mol. The van der Waals surface area contributed by atoms with Crippen molar-refractivity contribution in [3.8, 4) is 0 Å². The van der Waals surface area contributed by atoms with Gasteiger partial charge in [-0.05, 0) is 72.6 Å². The number of imidazole rings is 4. The molecular formula is C65H87Cl3F3N19O17. The molecule has 586 valence electrons. The Labute approximate surface area is 624 Å². The van der Waals surface area contributed by atoms with Gasteiger partial charge in [-0.2, -0.15) is 13.2 Å². The van der Waals surface area contributed by atoms with Gasteiger partial charge in [-0.15, -0.1) is 23.2 Å². The number of aliphatic carboxylic acids is 1. The number of aliphatic hydroxyl groups is 7. The summed E-state index contributed by atoms with van der Waals surface area (Å²) in [5.41, 5.74) is 4.82. The number of hydrogen-bond acceptors (Lipinski definition) is 31. The van der Waals surface area contributed by atoms with Crippen LogP contribution < -0.4 is 16.0 Å². The van der Waals surface area contributed by atoms with Crippen molar-refractivity contribution in [3.63, 3.8) is 0 Å². The molecule has 0 bridgehead atoms. The van der Waals surface area contributed by atoms with Gasteiger partial charge < -0.3 is 94.7 Å². The van der Waals surface area contributed by atoms with Crippen LogP contribution in [0.1, 0.15) is 143 Å². The highest BCUT2D eigenvalue weighted by Crippen LogP contribution is 2.47. The number of rotatable bonds is 14. The quantitative estimate of drug-likeness (QED) is 0.0470. The summed E-state index contributed by atoms with van der Waals surface area (Å²) in [5, 5.41) is 85.7. The number of carboxylic acids is 1. The molecule has 17 rings (SSSR count). The number of hydrogen-bond donors (Lipinski definition) is 11. The summed E-state index contributed by atoms with van der Waals surface area (Å²) < 4.78 is 86.1. The maximum absolute atomic E-state index is 10.6. The van der Waals surface area contributed by atoms with Crippen molar-refractivity contribution in [1.82, 2.24) is 78.1 Å². The number of fused-ring (bicyclic) bond motifs is 6. The first kappa shape index (κ1) is 79.7. The number of anilines is 3. The van der Waals surface area contributed by atoms with Crippen LogP contribution in [0.2, 0.25) is 5.15 Å². The maximum Gasteiger partial charge on any atom is 0.490 e. The average molecular weight is 1570 g/mol. The first-order valence-electron chi connectivity index (χ1n) is 35.2. The highest BCUT2D eigenvalue weighted by atomic mass is 35.5. The Morgan fingerprint density at radius 3 is 1.08 bits per heavy atom. The predicted molar refractivity (Wildman–Crippen MR) is 373 cm³/mol. The molecule has 9 fully saturated rings. The second-order valence-corrected chi connectivity index (χ2v) is 28.9. The second kappa shape index (κ2) is 34.2. The third-order valence-corrected chi connectivity index (χ3v) is 20.0. The van der Waals surface area contributed by atoms with E-state index in [2.05, 4.69) is 82.7 Å². The van der Waals surface area contributed by atoms with Crippen LogP contribution in [0, 0.1) is 0 Å². The Balaban J connectivity index is 0.000000129. The van der Waals surface area contributed by atoms with E-state index >= 15 is 0 Å². The van der Waals surface area contributed by atoms with Crippen molar-refractivity contribution in [1.29, 1.82) is 0 Å². The van der Waals surface area contributed by atoms with Gasteiger partial charge >= 0.3 is 12.1 Å². The van der Waals surface area contributed by atoms with Crippen molar-refractivity contribution < 1.29 is 96.7 Å². The Morgan fingerprint density at radius 2 is 0.757 bits per heavy atom. The number of aliphatic hydroxyl groups excluding tert-OH is 7. The van der Waals surface area contributed by atoms with Crippen molar-refractivity contribution in [2.24, 2.45) is 0 Å². The van der Waals surface area contributed by atoms with Crippen LogP contribution in [-0.2, 0) is 42.7 Å². The number of aromatic nitrogens is 16. The lowest BCUT2D eigenvalue weighted by Gasteiger charge is -2.24. The van der Waals surface area contributed by atoms with E-state index in [4.69, 9.17) is 87.7 Å². The zero-order valence-corrected chi connectivity index (χ0v) is 61.1. The highest BCUT2D eigenvalue weighted by molar-refractivity contribution is 6.40. The van der Waals surface area contributed by atoms with Crippen molar-refractivity contribution in [2.45, 2.75) is 252 Å². The Bertz CT molecular complexity index is 4130. The summed E-state index contributed by atoms with van der Waals surface area (Å²) in [5.74, 6) is -1.86. The summed E-state index contributed by atoms with van der Waals surface area (Å²) in [6.45, 7) is 8.86. The summed E-state index contributed by atoms with van der Waals surface area (Å²) in [6, 6.07) is 1.30. The summed E-state index contributed by atoms with van der Waals surface area (Å²) >= 11 is 15.4. The summed E-state index contributed by atoms with van der Waals surface area (Å²) in [4.78, 5) is 60.6. The zero-order valence-electron chi connectivity index (χ0n) is 58.8. The van der Waals surface area contributed by atoms with Gasteiger partial charge in [0, 0.05) is 18.1 Å². The fourth-order valence-electron chi connectivity index (χ4n) is 14.7. The van der Waals surface area contributed by atoms with Crippen LogP contribution in [0.15, 0.2) is 50.6 Å². The Hall–Kier alpha value is -6.87. The van der Waals surface area contributed by atoms with E-state index in [9.17, 15) is 43.8 Å². The first-order valence-corrected chi connectivity index (χ1v) is 36.7. The summed E-state index contributed by atoms with van der Waals surface area (Å²) in [7, 11) is 0. The van der Waals surface area contributed by atoms with Crippen molar-refractivity contribution in [2.75, 3.05) is 41.1 Å². The van der Waals surface area contributed by atoms with E-state index in [-0.39, 0.29) is 60.5 Å². The second-order valence-electron chi connectivity index (χ2n) is 27.7. The number of halogens is 6. The molecular weight excluding hydrogens is 1480 g/mol. The topological polar surface area (TPSA) is 463 Å². The predicted octanol–water partition coefficient (Wildman–Crippen LogP) is 5.54. The molecule has 0 aromatic carbocycles. The lowest BCUT2D eigenvalue weighted by atomic mass is 10.1. The SMILES string of the molecule is CC1(C)OC2C(n3cnc4c(NC5CCCC5)ncnc43)O[C@H](CO)[C@H]2O1.CC[C@H]1OC(n2cnc3c(NC4CCCC4)ncnc32)C2OC(C)(C)O[C@@H]21.ClCCl.O=C(O)C(F)(F)F.OC[C@H]1OC(n2cnc3c(Cl)ncnc32)[C@H](O)[C@@H]1O.OC[C@H]1OC(n2cnc3c(NC4CCCC4)ncnc32)[C@H](O)[C@@H]1O. The van der Waals surface area contributed by atoms with Gasteiger partial charge in [0.25, 0.3) is 0 Å². The lowest BCUT2D eigenvalue weighted by molar-refractivity contribution is -0.199. The van der Waals surface area contributed by atoms with Gasteiger partial charge in [0.15, 0.2) is 98.2 Å². The van der Waals surface area contributed by atoms with Gasteiger partial charge in [0.1, 0.15) is 98.0 Å². The van der Waals surface area contributed by atoms with Crippen LogP contribution in [0.25, 0.3) is 44.7 Å².